The van der Waals surface area contributed by atoms with Gasteiger partial charge in [0, 0.05) is 12.2 Å². The van der Waals surface area contributed by atoms with Crippen LogP contribution in [0.25, 0.3) is 0 Å². The van der Waals surface area contributed by atoms with Gasteiger partial charge in [0.15, 0.2) is 9.84 Å². The lowest BCUT2D eigenvalue weighted by Crippen LogP contribution is -2.31. The molecule has 0 spiro atoms. The zero-order chi connectivity index (χ0) is 22.3. The van der Waals surface area contributed by atoms with Crippen molar-refractivity contribution >= 4 is 21.4 Å². The van der Waals surface area contributed by atoms with Gasteiger partial charge in [0.1, 0.15) is 5.75 Å². The van der Waals surface area contributed by atoms with E-state index >= 15 is 0 Å². The van der Waals surface area contributed by atoms with Gasteiger partial charge in [-0.3, -0.25) is 4.79 Å². The standard InChI is InChI=1S/C22H26F2N2O4S/c23-22(24)30-18-10-8-16(9-11-18)12-13-25-21(27)15-26-17-4-3-7-20(14-17)31(28,29)19-5-1-2-6-19/h3-4,7-11,14,19,22,26H,1-2,5-6,12-13,15H2,(H,25,27). The maximum absolute atomic E-state index is 12.7. The number of amides is 1. The number of hydrogen-bond acceptors (Lipinski definition) is 5. The first kappa shape index (κ1) is 23.0. The van der Waals surface area contributed by atoms with Crippen LogP contribution in [0.1, 0.15) is 31.2 Å². The van der Waals surface area contributed by atoms with Crippen molar-refractivity contribution in [2.75, 3.05) is 18.4 Å². The van der Waals surface area contributed by atoms with E-state index in [0.29, 0.717) is 31.5 Å². The molecule has 1 amide bonds. The first-order valence-corrected chi connectivity index (χ1v) is 11.8. The van der Waals surface area contributed by atoms with Gasteiger partial charge in [0.2, 0.25) is 5.91 Å². The summed E-state index contributed by atoms with van der Waals surface area (Å²) < 4.78 is 54.0. The number of sulfone groups is 1. The molecule has 0 radical (unpaired) electrons. The van der Waals surface area contributed by atoms with Crippen LogP contribution < -0.4 is 15.4 Å². The van der Waals surface area contributed by atoms with E-state index in [1.165, 1.54) is 12.1 Å². The summed E-state index contributed by atoms with van der Waals surface area (Å²) in [5.41, 5.74) is 1.45. The van der Waals surface area contributed by atoms with Crippen molar-refractivity contribution in [2.45, 2.75) is 48.9 Å². The van der Waals surface area contributed by atoms with Crippen LogP contribution in [0.5, 0.6) is 5.75 Å². The lowest BCUT2D eigenvalue weighted by atomic mass is 10.1. The van der Waals surface area contributed by atoms with Crippen molar-refractivity contribution in [3.05, 3.63) is 54.1 Å². The van der Waals surface area contributed by atoms with E-state index in [-0.39, 0.29) is 28.3 Å². The molecule has 0 aliphatic heterocycles. The zero-order valence-electron chi connectivity index (χ0n) is 17.0. The molecule has 0 bridgehead atoms. The van der Waals surface area contributed by atoms with Crippen LogP contribution in [0.15, 0.2) is 53.4 Å². The number of ether oxygens (including phenoxy) is 1. The van der Waals surface area contributed by atoms with Gasteiger partial charge in [-0.05, 0) is 55.2 Å². The third-order valence-corrected chi connectivity index (χ3v) is 7.50. The topological polar surface area (TPSA) is 84.5 Å². The molecule has 1 aliphatic carbocycles. The van der Waals surface area contributed by atoms with Gasteiger partial charge in [-0.1, -0.05) is 31.0 Å². The molecule has 0 aromatic heterocycles. The van der Waals surface area contributed by atoms with E-state index in [1.54, 1.807) is 36.4 Å². The summed E-state index contributed by atoms with van der Waals surface area (Å²) in [7, 11) is -3.35. The minimum atomic E-state index is -3.35. The highest BCUT2D eigenvalue weighted by Gasteiger charge is 2.30. The summed E-state index contributed by atoms with van der Waals surface area (Å²) in [5.74, 6) is -0.147. The Morgan fingerprint density at radius 2 is 1.81 bits per heavy atom. The molecule has 2 aromatic rings. The van der Waals surface area contributed by atoms with Gasteiger partial charge in [-0.2, -0.15) is 8.78 Å². The van der Waals surface area contributed by atoms with E-state index in [2.05, 4.69) is 15.4 Å². The maximum Gasteiger partial charge on any atom is 0.387 e. The Bertz CT molecular complexity index is 975. The number of anilines is 1. The van der Waals surface area contributed by atoms with Crippen LogP contribution in [0.4, 0.5) is 14.5 Å². The van der Waals surface area contributed by atoms with Crippen molar-refractivity contribution in [3.63, 3.8) is 0 Å². The molecule has 1 saturated carbocycles. The third-order valence-electron chi connectivity index (χ3n) is 5.24. The molecule has 6 nitrogen and oxygen atoms in total. The van der Waals surface area contributed by atoms with Gasteiger partial charge < -0.3 is 15.4 Å². The van der Waals surface area contributed by atoms with Crippen molar-refractivity contribution in [1.82, 2.24) is 5.32 Å². The monoisotopic (exact) mass is 452 g/mol. The number of hydrogen-bond donors (Lipinski definition) is 2. The molecule has 0 atom stereocenters. The highest BCUT2D eigenvalue weighted by Crippen LogP contribution is 2.30. The fraction of sp³-hybridized carbons (Fsp3) is 0.409. The molecule has 1 aliphatic rings. The Labute approximate surface area is 180 Å². The van der Waals surface area contributed by atoms with Crippen LogP contribution in [0.3, 0.4) is 0 Å². The van der Waals surface area contributed by atoms with Gasteiger partial charge in [-0.25, -0.2) is 8.42 Å². The number of nitrogens with one attached hydrogen (secondary N) is 2. The van der Waals surface area contributed by atoms with E-state index in [4.69, 9.17) is 0 Å². The summed E-state index contributed by atoms with van der Waals surface area (Å²) in [6, 6.07) is 12.8. The molecule has 2 aromatic carbocycles. The van der Waals surface area contributed by atoms with Crippen LogP contribution >= 0.6 is 0 Å². The Hall–Kier alpha value is -2.68. The fourth-order valence-electron chi connectivity index (χ4n) is 3.60. The minimum absolute atomic E-state index is 0.00803. The summed E-state index contributed by atoms with van der Waals surface area (Å²) in [5, 5.41) is 5.41. The van der Waals surface area contributed by atoms with Gasteiger partial charge in [0.05, 0.1) is 16.7 Å². The fourth-order valence-corrected chi connectivity index (χ4v) is 5.50. The second kappa shape index (κ2) is 10.6. The van der Waals surface area contributed by atoms with Crippen LogP contribution in [-0.2, 0) is 21.1 Å². The van der Waals surface area contributed by atoms with Gasteiger partial charge >= 0.3 is 6.61 Å². The van der Waals surface area contributed by atoms with Crippen LogP contribution in [0.2, 0.25) is 0 Å². The molecule has 3 rings (SSSR count). The third kappa shape index (κ3) is 6.65. The summed E-state index contributed by atoms with van der Waals surface area (Å²) in [6.45, 7) is -2.47. The van der Waals surface area contributed by atoms with Crippen molar-refractivity contribution in [3.8, 4) is 5.75 Å². The Morgan fingerprint density at radius 3 is 2.48 bits per heavy atom. The second-order valence-corrected chi connectivity index (χ2v) is 9.68. The Balaban J connectivity index is 1.44. The number of rotatable bonds is 10. The number of halogens is 2. The van der Waals surface area contributed by atoms with Crippen molar-refractivity contribution in [1.29, 1.82) is 0 Å². The number of alkyl halides is 2. The molecule has 31 heavy (non-hydrogen) atoms. The predicted molar refractivity (Wildman–Crippen MR) is 114 cm³/mol. The number of carbonyl (C=O) groups is 1. The molecule has 9 heteroatoms. The second-order valence-electron chi connectivity index (χ2n) is 7.46. The van der Waals surface area contributed by atoms with Gasteiger partial charge in [-0.15, -0.1) is 0 Å². The van der Waals surface area contributed by atoms with Gasteiger partial charge in [0.25, 0.3) is 0 Å². The van der Waals surface area contributed by atoms with Crippen molar-refractivity contribution in [2.24, 2.45) is 0 Å². The van der Waals surface area contributed by atoms with Crippen molar-refractivity contribution < 1.29 is 26.7 Å². The largest absolute Gasteiger partial charge is 0.435 e. The summed E-state index contributed by atoms with van der Waals surface area (Å²) in [6.07, 6.45) is 3.82. The molecular weight excluding hydrogens is 426 g/mol. The zero-order valence-corrected chi connectivity index (χ0v) is 17.8. The van der Waals surface area contributed by atoms with Crippen LogP contribution in [0, 0.1) is 0 Å². The molecular formula is C22H26F2N2O4S. The van der Waals surface area contributed by atoms with E-state index in [0.717, 1.165) is 18.4 Å². The molecule has 0 unspecified atom stereocenters. The summed E-state index contributed by atoms with van der Waals surface area (Å²) >= 11 is 0. The molecule has 1 fully saturated rings. The minimum Gasteiger partial charge on any atom is -0.435 e. The van der Waals surface area contributed by atoms with E-state index < -0.39 is 16.4 Å². The predicted octanol–water partition coefficient (Wildman–Crippen LogP) is 3.78. The quantitative estimate of drug-likeness (QED) is 0.573. The normalized spacial score (nSPS) is 14.5. The Kier molecular flexibility index (Phi) is 7.84. The lowest BCUT2D eigenvalue weighted by Gasteiger charge is -2.13. The number of benzene rings is 2. The lowest BCUT2D eigenvalue weighted by molar-refractivity contribution is -0.119. The molecule has 0 saturated heterocycles. The average Bonchev–Trinajstić information content (AvgIpc) is 3.29. The number of carbonyl (C=O) groups excluding carboxylic acids is 1. The van der Waals surface area contributed by atoms with E-state index in [1.807, 2.05) is 0 Å². The smallest absolute Gasteiger partial charge is 0.387 e. The highest BCUT2D eigenvalue weighted by molar-refractivity contribution is 7.92. The first-order valence-electron chi connectivity index (χ1n) is 10.2. The average molecular weight is 453 g/mol. The molecule has 168 valence electrons. The van der Waals surface area contributed by atoms with Crippen LogP contribution in [-0.4, -0.2) is 39.3 Å². The van der Waals surface area contributed by atoms with E-state index in [9.17, 15) is 22.0 Å². The Morgan fingerprint density at radius 1 is 1.10 bits per heavy atom. The maximum atomic E-state index is 12.7. The first-order chi connectivity index (χ1) is 14.8. The SMILES string of the molecule is O=C(CNc1cccc(S(=O)(=O)C2CCCC2)c1)NCCc1ccc(OC(F)F)cc1. The summed E-state index contributed by atoms with van der Waals surface area (Å²) in [4.78, 5) is 12.4. The molecule has 0 heterocycles. The highest BCUT2D eigenvalue weighted by atomic mass is 32.2. The molecule has 2 N–H and O–H groups in total.